The summed E-state index contributed by atoms with van der Waals surface area (Å²) in [5.74, 6) is 1.64. The maximum Gasteiger partial charge on any atom is 0.302 e. The smallest absolute Gasteiger partial charge is 0.302 e. The number of likely N-dealkylation sites (tertiary alicyclic amines) is 1. The summed E-state index contributed by atoms with van der Waals surface area (Å²) in [5, 5.41) is 0. The fourth-order valence-electron chi connectivity index (χ4n) is 4.79. The van der Waals surface area contributed by atoms with Gasteiger partial charge in [-0.1, -0.05) is 12.2 Å². The average Bonchev–Trinajstić information content (AvgIpc) is 3.18. The number of rotatable bonds is 3. The maximum absolute atomic E-state index is 12.4. The summed E-state index contributed by atoms with van der Waals surface area (Å²) < 4.78 is 5.21. The van der Waals surface area contributed by atoms with Gasteiger partial charge in [-0.15, -0.1) is 0 Å². The van der Waals surface area contributed by atoms with Gasteiger partial charge in [-0.05, 0) is 31.1 Å². The van der Waals surface area contributed by atoms with E-state index in [1.165, 1.54) is 12.6 Å². The molecule has 2 fully saturated rings. The Morgan fingerprint density at radius 2 is 2.10 bits per heavy atom. The van der Waals surface area contributed by atoms with Crippen LogP contribution in [-0.2, 0) is 14.3 Å². The lowest BCUT2D eigenvalue weighted by Gasteiger charge is -2.33. The molecule has 0 aromatic carbocycles. The molecule has 0 N–H and O–H groups in total. The Labute approximate surface area is 124 Å². The van der Waals surface area contributed by atoms with E-state index in [4.69, 9.17) is 4.74 Å². The summed E-state index contributed by atoms with van der Waals surface area (Å²) in [4.78, 5) is 25.8. The number of fused-ring (bicyclic) bond motifs is 5. The fraction of sp³-hybridized carbons (Fsp3) is 0.647. The molecule has 21 heavy (non-hydrogen) atoms. The highest BCUT2D eigenvalue weighted by Gasteiger charge is 2.54. The van der Waals surface area contributed by atoms with Gasteiger partial charge in [-0.2, -0.15) is 0 Å². The summed E-state index contributed by atoms with van der Waals surface area (Å²) in [6, 6.07) is 0.245. The zero-order valence-corrected chi connectivity index (χ0v) is 12.3. The average molecular weight is 287 g/mol. The van der Waals surface area contributed by atoms with Gasteiger partial charge in [0, 0.05) is 37.1 Å². The molecule has 4 heteroatoms. The van der Waals surface area contributed by atoms with E-state index in [2.05, 4.69) is 17.1 Å². The lowest BCUT2D eigenvalue weighted by Crippen LogP contribution is -2.36. The van der Waals surface area contributed by atoms with Crippen LogP contribution >= 0.6 is 0 Å². The van der Waals surface area contributed by atoms with Gasteiger partial charge in [0.25, 0.3) is 0 Å². The van der Waals surface area contributed by atoms with E-state index in [9.17, 15) is 9.59 Å². The third-order valence-corrected chi connectivity index (χ3v) is 5.61. The number of nitrogens with zero attached hydrogens (tertiary/aromatic N) is 1. The molecular formula is C17H21NO3. The van der Waals surface area contributed by atoms with Crippen LogP contribution in [0.1, 0.15) is 26.2 Å². The lowest BCUT2D eigenvalue weighted by molar-refractivity contribution is -0.142. The van der Waals surface area contributed by atoms with Crippen LogP contribution in [0.25, 0.3) is 0 Å². The van der Waals surface area contributed by atoms with Gasteiger partial charge < -0.3 is 9.64 Å². The van der Waals surface area contributed by atoms with Gasteiger partial charge in [-0.25, -0.2) is 0 Å². The molecular weight excluding hydrogens is 266 g/mol. The van der Waals surface area contributed by atoms with Crippen molar-refractivity contribution in [2.24, 2.45) is 23.7 Å². The Hall–Kier alpha value is -1.58. The molecule has 1 saturated carbocycles. The second kappa shape index (κ2) is 4.72. The van der Waals surface area contributed by atoms with Crippen molar-refractivity contribution < 1.29 is 14.3 Å². The minimum absolute atomic E-state index is 0.185. The van der Waals surface area contributed by atoms with Crippen LogP contribution < -0.4 is 0 Å². The molecule has 0 radical (unpaired) electrons. The topological polar surface area (TPSA) is 46.6 Å². The van der Waals surface area contributed by atoms with E-state index in [0.29, 0.717) is 30.1 Å². The second-order valence-electron chi connectivity index (χ2n) is 6.76. The van der Waals surface area contributed by atoms with E-state index < -0.39 is 0 Å². The van der Waals surface area contributed by atoms with Crippen LogP contribution in [0.3, 0.4) is 0 Å². The summed E-state index contributed by atoms with van der Waals surface area (Å²) in [6.45, 7) is 2.88. The molecule has 2 bridgehead atoms. The van der Waals surface area contributed by atoms with Crippen molar-refractivity contribution in [3.8, 4) is 0 Å². The van der Waals surface area contributed by atoms with E-state index in [-0.39, 0.29) is 17.9 Å². The predicted octanol–water partition coefficient (Wildman–Crippen LogP) is 1.92. The number of hydrogen-bond donors (Lipinski definition) is 0. The number of ketones is 1. The molecule has 0 amide bonds. The molecule has 1 saturated heterocycles. The van der Waals surface area contributed by atoms with Gasteiger partial charge >= 0.3 is 5.97 Å². The van der Waals surface area contributed by atoms with Crippen LogP contribution in [0, 0.1) is 23.7 Å². The Kier molecular flexibility index (Phi) is 2.95. The van der Waals surface area contributed by atoms with Gasteiger partial charge in [0.05, 0.1) is 6.04 Å². The van der Waals surface area contributed by atoms with Crippen LogP contribution in [0.15, 0.2) is 23.9 Å². The summed E-state index contributed by atoms with van der Waals surface area (Å²) in [6.07, 6.45) is 9.71. The fourth-order valence-corrected chi connectivity index (χ4v) is 4.79. The Balaban J connectivity index is 1.55. The van der Waals surface area contributed by atoms with Crippen molar-refractivity contribution in [2.75, 3.05) is 13.2 Å². The number of allylic oxidation sites excluding steroid dienone is 4. The first kappa shape index (κ1) is 13.1. The maximum atomic E-state index is 12.4. The lowest BCUT2D eigenvalue weighted by atomic mass is 9.83. The van der Waals surface area contributed by atoms with Crippen LogP contribution in [-0.4, -0.2) is 35.8 Å². The SMILES string of the molecule is CC(=O)OC[C@@H]1CCCN1C1=CC(=O)[C@H]2[C@@H]1[C@H]1C=C[C@@H]2C1. The van der Waals surface area contributed by atoms with E-state index in [1.54, 1.807) is 0 Å². The quantitative estimate of drug-likeness (QED) is 0.588. The molecule has 0 aromatic rings. The van der Waals surface area contributed by atoms with Crippen molar-refractivity contribution in [1.82, 2.24) is 4.90 Å². The molecule has 4 nitrogen and oxygen atoms in total. The molecule has 4 aliphatic rings. The number of hydrogen-bond acceptors (Lipinski definition) is 4. The van der Waals surface area contributed by atoms with Crippen molar-refractivity contribution in [2.45, 2.75) is 32.2 Å². The minimum Gasteiger partial charge on any atom is -0.464 e. The summed E-state index contributed by atoms with van der Waals surface area (Å²) in [5.41, 5.74) is 1.22. The van der Waals surface area contributed by atoms with Crippen molar-refractivity contribution >= 4 is 11.8 Å². The van der Waals surface area contributed by atoms with Gasteiger partial charge in [0.1, 0.15) is 6.61 Å². The van der Waals surface area contributed by atoms with Crippen LogP contribution in [0.5, 0.6) is 0 Å². The number of carbonyl (C=O) groups excluding carboxylic acids is 2. The third kappa shape index (κ3) is 1.95. The first-order valence-electron chi connectivity index (χ1n) is 7.99. The van der Waals surface area contributed by atoms with Crippen molar-refractivity contribution in [3.63, 3.8) is 0 Å². The first-order valence-corrected chi connectivity index (χ1v) is 7.99. The summed E-state index contributed by atoms with van der Waals surface area (Å²) in [7, 11) is 0. The zero-order valence-electron chi connectivity index (χ0n) is 12.3. The minimum atomic E-state index is -0.223. The largest absolute Gasteiger partial charge is 0.464 e. The Bertz CT molecular complexity index is 550. The molecule has 1 heterocycles. The highest BCUT2D eigenvalue weighted by Crippen LogP contribution is 2.55. The van der Waals surface area contributed by atoms with Gasteiger partial charge in [0.2, 0.25) is 0 Å². The normalized spacial score (nSPS) is 39.9. The van der Waals surface area contributed by atoms with Crippen molar-refractivity contribution in [3.05, 3.63) is 23.9 Å². The van der Waals surface area contributed by atoms with E-state index in [0.717, 1.165) is 25.8 Å². The highest BCUT2D eigenvalue weighted by atomic mass is 16.5. The number of ether oxygens (including phenoxy) is 1. The molecule has 0 unspecified atom stereocenters. The van der Waals surface area contributed by atoms with Crippen LogP contribution in [0.4, 0.5) is 0 Å². The van der Waals surface area contributed by atoms with Gasteiger partial charge in [0.15, 0.2) is 5.78 Å². The highest BCUT2D eigenvalue weighted by molar-refractivity contribution is 5.96. The third-order valence-electron chi connectivity index (χ3n) is 5.61. The monoisotopic (exact) mass is 287 g/mol. The second-order valence-corrected chi connectivity index (χ2v) is 6.76. The first-order chi connectivity index (χ1) is 10.1. The molecule has 4 rings (SSSR count). The predicted molar refractivity (Wildman–Crippen MR) is 77.2 cm³/mol. The molecule has 1 aliphatic heterocycles. The van der Waals surface area contributed by atoms with Crippen LogP contribution in [0.2, 0.25) is 0 Å². The molecule has 112 valence electrons. The molecule has 0 aromatic heterocycles. The van der Waals surface area contributed by atoms with E-state index in [1.807, 2.05) is 6.08 Å². The Morgan fingerprint density at radius 3 is 2.86 bits per heavy atom. The Morgan fingerprint density at radius 1 is 1.33 bits per heavy atom. The summed E-state index contributed by atoms with van der Waals surface area (Å²) >= 11 is 0. The van der Waals surface area contributed by atoms with Gasteiger partial charge in [-0.3, -0.25) is 9.59 Å². The zero-order chi connectivity index (χ0) is 14.6. The number of esters is 1. The molecule has 3 aliphatic carbocycles. The molecule has 0 spiro atoms. The standard InChI is InChI=1S/C17H21NO3/c1-10(19)21-9-13-3-2-6-18(13)14-8-15(20)17-12-5-4-11(7-12)16(14)17/h4-5,8,11-13,16-17H,2-3,6-7,9H2,1H3/t11-,12+,13-,16+,17-/m0/s1. The van der Waals surface area contributed by atoms with Crippen molar-refractivity contribution in [1.29, 1.82) is 0 Å². The van der Waals surface area contributed by atoms with E-state index >= 15 is 0 Å². The molecule has 5 atom stereocenters. The number of carbonyl (C=O) groups is 2.